The van der Waals surface area contributed by atoms with Crippen LogP contribution in [0.5, 0.6) is 0 Å². The third-order valence-electron chi connectivity index (χ3n) is 1.13. The molecule has 0 spiro atoms. The van der Waals surface area contributed by atoms with Crippen molar-refractivity contribution in [3.05, 3.63) is 34.1 Å². The fraction of sp³-hybridized carbons (Fsp3) is 0.143. The molecule has 1 radical (unpaired) electrons. The van der Waals surface area contributed by atoms with E-state index in [1.54, 1.807) is 4.90 Å². The molecule has 0 aromatic heterocycles. The van der Waals surface area contributed by atoms with E-state index in [1.165, 1.54) is 0 Å². The molecule has 0 saturated heterocycles. The quantitative estimate of drug-likeness (QED) is 0.622. The van der Waals surface area contributed by atoms with Gasteiger partial charge in [0.05, 0.1) is 0 Å². The predicted molar refractivity (Wildman–Crippen MR) is 46.5 cm³/mol. The topological polar surface area (TPSA) is 3.24 Å². The van der Waals surface area contributed by atoms with Crippen molar-refractivity contribution in [1.29, 1.82) is 0 Å². The molecule has 0 N–H and O–H groups in total. The number of hydrogen-bond donors (Lipinski definition) is 0. The van der Waals surface area contributed by atoms with E-state index in [2.05, 4.69) is 28.7 Å². The molecule has 0 amide bonds. The van der Waals surface area contributed by atoms with Crippen molar-refractivity contribution < 1.29 is 32.7 Å². The Morgan fingerprint density at radius 2 is 2.27 bits per heavy atom. The van der Waals surface area contributed by atoms with Gasteiger partial charge < -0.3 is 4.90 Å². The molecule has 0 saturated carbocycles. The van der Waals surface area contributed by atoms with Crippen LogP contribution in [-0.2, 0) is 32.7 Å². The zero-order valence-corrected chi connectivity index (χ0v) is 11.2. The molecular weight excluding hydrogens is 302 g/mol. The average Bonchev–Trinajstić information content (AvgIpc) is 1.82. The first-order valence-corrected chi connectivity index (χ1v) is 3.87. The Hall–Kier alpha value is 0.894. The van der Waals surface area contributed by atoms with Gasteiger partial charge in [-0.3, -0.25) is 0 Å². The molecule has 0 fully saturated rings. The van der Waals surface area contributed by atoms with Gasteiger partial charge in [-0.2, -0.15) is 0 Å². The van der Waals surface area contributed by atoms with E-state index in [0.717, 1.165) is 10.1 Å². The average molecular weight is 308 g/mol. The van der Waals surface area contributed by atoms with E-state index >= 15 is 0 Å². The fourth-order valence-corrected chi connectivity index (χ4v) is 1.46. The standard InChI is InChI=1S/C7H6BrClN.Y/c1-5-6(8)3-10(2)4-7(5)9;/h3H,1H2,2H3;/q-1;. The predicted octanol–water partition coefficient (Wildman–Crippen LogP) is 2.61. The summed E-state index contributed by atoms with van der Waals surface area (Å²) >= 11 is 9.06. The second-order valence-electron chi connectivity index (χ2n) is 1.99. The summed E-state index contributed by atoms with van der Waals surface area (Å²) in [5.74, 6) is 0. The molecular formula is C7H6BrClNY-. The normalized spacial score (nSPS) is 17.0. The molecule has 0 unspecified atom stereocenters. The number of allylic oxidation sites excluding steroid dienone is 3. The van der Waals surface area contributed by atoms with Crippen LogP contribution in [0.2, 0.25) is 0 Å². The Kier molecular flexibility index (Phi) is 5.20. The van der Waals surface area contributed by atoms with Crippen LogP contribution in [0.15, 0.2) is 27.9 Å². The summed E-state index contributed by atoms with van der Waals surface area (Å²) < 4.78 is 0.902. The van der Waals surface area contributed by atoms with Crippen molar-refractivity contribution >= 4 is 27.5 Å². The van der Waals surface area contributed by atoms with Crippen LogP contribution in [0.25, 0.3) is 0 Å². The Labute approximate surface area is 105 Å². The van der Waals surface area contributed by atoms with Crippen LogP contribution in [-0.4, -0.2) is 11.9 Å². The molecule has 1 aliphatic heterocycles. The minimum Gasteiger partial charge on any atom is -0.462 e. The Morgan fingerprint density at radius 3 is 2.73 bits per heavy atom. The zero-order valence-electron chi connectivity index (χ0n) is 6.06. The summed E-state index contributed by atoms with van der Waals surface area (Å²) in [4.78, 5) is 1.75. The maximum Gasteiger partial charge on any atom is 0 e. The van der Waals surface area contributed by atoms with Crippen LogP contribution in [0, 0.1) is 6.20 Å². The van der Waals surface area contributed by atoms with Crippen molar-refractivity contribution in [3.8, 4) is 0 Å². The van der Waals surface area contributed by atoms with Crippen molar-refractivity contribution in [2.75, 3.05) is 7.05 Å². The third-order valence-corrected chi connectivity index (χ3v) is 2.13. The van der Waals surface area contributed by atoms with Gasteiger partial charge in [-0.15, -0.1) is 23.8 Å². The van der Waals surface area contributed by atoms with Crippen LogP contribution in [0.4, 0.5) is 0 Å². The maximum absolute atomic E-state index is 5.75. The number of rotatable bonds is 0. The van der Waals surface area contributed by atoms with Gasteiger partial charge in [0.25, 0.3) is 0 Å². The van der Waals surface area contributed by atoms with Crippen molar-refractivity contribution in [2.45, 2.75) is 0 Å². The Balaban J connectivity index is 0.000001000. The Morgan fingerprint density at radius 1 is 1.73 bits per heavy atom. The van der Waals surface area contributed by atoms with Gasteiger partial charge in [0.2, 0.25) is 0 Å². The maximum atomic E-state index is 5.75. The summed E-state index contributed by atoms with van der Waals surface area (Å²) in [6.07, 6.45) is 4.72. The fourth-order valence-electron chi connectivity index (χ4n) is 0.607. The second kappa shape index (κ2) is 4.81. The molecule has 0 aliphatic carbocycles. The molecule has 57 valence electrons. The summed E-state index contributed by atoms with van der Waals surface area (Å²) in [5.41, 5.74) is 0.778. The molecule has 1 nitrogen and oxygen atoms in total. The molecule has 0 aromatic rings. The molecule has 1 aliphatic rings. The number of nitrogens with zero attached hydrogens (tertiary/aromatic N) is 1. The summed E-state index contributed by atoms with van der Waals surface area (Å²) in [6, 6.07) is 0. The van der Waals surface area contributed by atoms with Gasteiger partial charge in [-0.1, -0.05) is 32.8 Å². The molecule has 1 heterocycles. The van der Waals surface area contributed by atoms with Gasteiger partial charge in [0, 0.05) is 32.7 Å². The molecule has 11 heavy (non-hydrogen) atoms. The van der Waals surface area contributed by atoms with Gasteiger partial charge in [0.1, 0.15) is 0 Å². The zero-order chi connectivity index (χ0) is 7.72. The van der Waals surface area contributed by atoms with Crippen molar-refractivity contribution in [1.82, 2.24) is 4.90 Å². The molecule has 0 bridgehead atoms. The Bertz CT molecular complexity index is 213. The van der Waals surface area contributed by atoms with Crippen LogP contribution in [0.1, 0.15) is 0 Å². The van der Waals surface area contributed by atoms with Crippen LogP contribution < -0.4 is 0 Å². The summed E-state index contributed by atoms with van der Waals surface area (Å²) in [6.45, 7) is 3.74. The summed E-state index contributed by atoms with van der Waals surface area (Å²) in [5, 5.41) is 0.553. The van der Waals surface area contributed by atoms with Crippen molar-refractivity contribution in [2.24, 2.45) is 0 Å². The van der Waals surface area contributed by atoms with Gasteiger partial charge >= 0.3 is 0 Å². The third kappa shape index (κ3) is 3.02. The van der Waals surface area contributed by atoms with E-state index < -0.39 is 0 Å². The SMILES string of the molecule is C=C1C(Cl)=[C-]N(C)C=C1Br.[Y]. The monoisotopic (exact) mass is 307 g/mol. The van der Waals surface area contributed by atoms with Crippen LogP contribution in [0.3, 0.4) is 0 Å². The summed E-state index contributed by atoms with van der Waals surface area (Å²) in [7, 11) is 1.86. The number of halogens is 2. The largest absolute Gasteiger partial charge is 0.462 e. The molecule has 0 aromatic carbocycles. The van der Waals surface area contributed by atoms with Gasteiger partial charge in [-0.05, 0) is 12.1 Å². The van der Waals surface area contributed by atoms with E-state index in [-0.39, 0.29) is 32.7 Å². The van der Waals surface area contributed by atoms with E-state index in [4.69, 9.17) is 11.6 Å². The second-order valence-corrected chi connectivity index (χ2v) is 3.22. The van der Waals surface area contributed by atoms with E-state index in [1.807, 2.05) is 13.2 Å². The first-order chi connectivity index (χ1) is 4.61. The van der Waals surface area contributed by atoms with Gasteiger partial charge in [0.15, 0.2) is 0 Å². The van der Waals surface area contributed by atoms with Gasteiger partial charge in [-0.25, -0.2) is 0 Å². The van der Waals surface area contributed by atoms with E-state index in [9.17, 15) is 0 Å². The first-order valence-electron chi connectivity index (χ1n) is 2.70. The minimum atomic E-state index is 0. The molecule has 1 rings (SSSR count). The molecule has 0 atom stereocenters. The minimum absolute atomic E-state index is 0. The molecule has 4 heteroatoms. The van der Waals surface area contributed by atoms with E-state index in [0.29, 0.717) is 5.03 Å². The first kappa shape index (κ1) is 11.9. The smallest absolute Gasteiger partial charge is 0 e. The van der Waals surface area contributed by atoms with Crippen LogP contribution >= 0.6 is 27.5 Å². The van der Waals surface area contributed by atoms with Crippen molar-refractivity contribution in [3.63, 3.8) is 0 Å². The number of hydrogen-bond acceptors (Lipinski definition) is 1.